The zero-order valence-corrected chi connectivity index (χ0v) is 8.87. The number of nitro benzene ring substituents is 1. The van der Waals surface area contributed by atoms with Gasteiger partial charge in [0.25, 0.3) is 0 Å². The predicted molar refractivity (Wildman–Crippen MR) is 55.6 cm³/mol. The number of benzene rings is 1. The van der Waals surface area contributed by atoms with E-state index in [1.54, 1.807) is 0 Å². The Bertz CT molecular complexity index is 380. The van der Waals surface area contributed by atoms with Crippen LogP contribution in [0.25, 0.3) is 0 Å². The minimum atomic E-state index is -0.653. The molecule has 1 aromatic carbocycles. The van der Waals surface area contributed by atoms with Crippen molar-refractivity contribution >= 4 is 23.0 Å². The van der Waals surface area contributed by atoms with E-state index in [0.717, 1.165) is 0 Å². The van der Waals surface area contributed by atoms with Gasteiger partial charge in [0.1, 0.15) is 0 Å². The quantitative estimate of drug-likeness (QED) is 0.488. The largest absolute Gasteiger partial charge is 0.489 e. The molecule has 0 unspecified atom stereocenters. The van der Waals surface area contributed by atoms with Crippen molar-refractivity contribution in [3.05, 3.63) is 21.2 Å². The Balaban J connectivity index is 3.58. The topological polar surface area (TPSA) is 87.6 Å². The van der Waals surface area contributed by atoms with Crippen LogP contribution in [-0.4, -0.2) is 19.1 Å². The lowest BCUT2D eigenvalue weighted by Crippen LogP contribution is -2.01. The summed E-state index contributed by atoms with van der Waals surface area (Å²) in [4.78, 5) is 10.1. The first-order chi connectivity index (χ1) is 7.02. The molecule has 0 aliphatic rings. The normalized spacial score (nSPS) is 9.80. The molecule has 0 amide bonds. The molecule has 1 rings (SSSR count). The van der Waals surface area contributed by atoms with Gasteiger partial charge >= 0.3 is 5.69 Å². The first-order valence-corrected chi connectivity index (χ1v) is 4.25. The third kappa shape index (κ3) is 1.89. The Morgan fingerprint density at radius 2 is 1.93 bits per heavy atom. The zero-order chi connectivity index (χ0) is 11.6. The van der Waals surface area contributed by atoms with Gasteiger partial charge < -0.3 is 15.2 Å². The van der Waals surface area contributed by atoms with Gasteiger partial charge in [0, 0.05) is 0 Å². The lowest BCUT2D eigenvalue weighted by Gasteiger charge is -2.09. The Labute approximate surface area is 90.7 Å². The van der Waals surface area contributed by atoms with Crippen molar-refractivity contribution in [1.29, 1.82) is 0 Å². The van der Waals surface area contributed by atoms with Crippen LogP contribution in [0.4, 0.5) is 11.4 Å². The number of nitrogens with two attached hydrogens (primary N) is 1. The molecule has 7 heteroatoms. The van der Waals surface area contributed by atoms with Gasteiger partial charge in [-0.1, -0.05) is 11.6 Å². The molecule has 15 heavy (non-hydrogen) atoms. The number of hydrogen-bond donors (Lipinski definition) is 1. The zero-order valence-electron chi connectivity index (χ0n) is 8.11. The molecule has 1 aromatic rings. The molecule has 0 radical (unpaired) electrons. The average molecular weight is 233 g/mol. The first-order valence-electron chi connectivity index (χ1n) is 3.87. The van der Waals surface area contributed by atoms with Crippen molar-refractivity contribution in [1.82, 2.24) is 0 Å². The summed E-state index contributed by atoms with van der Waals surface area (Å²) in [5.41, 5.74) is 5.25. The van der Waals surface area contributed by atoms with Crippen molar-refractivity contribution < 1.29 is 14.4 Å². The van der Waals surface area contributed by atoms with Gasteiger partial charge in [0.2, 0.25) is 11.5 Å². The standard InChI is InChI=1S/C8H9ClN2O4/c1-14-7-4(9)3-5(10)8(15-2)6(7)11(12)13/h3H,10H2,1-2H3. The number of nitrogens with zero attached hydrogens (tertiary/aromatic N) is 1. The first kappa shape index (κ1) is 11.4. The summed E-state index contributed by atoms with van der Waals surface area (Å²) in [6.45, 7) is 0. The summed E-state index contributed by atoms with van der Waals surface area (Å²) in [6, 6.07) is 1.34. The van der Waals surface area contributed by atoms with E-state index in [1.807, 2.05) is 0 Å². The maximum atomic E-state index is 10.8. The fourth-order valence-corrected chi connectivity index (χ4v) is 1.48. The summed E-state index contributed by atoms with van der Waals surface area (Å²) in [6.07, 6.45) is 0. The molecule has 2 N–H and O–H groups in total. The minimum absolute atomic E-state index is 0.0544. The molecule has 0 saturated heterocycles. The third-order valence-electron chi connectivity index (χ3n) is 1.78. The average Bonchev–Trinajstić information content (AvgIpc) is 2.16. The second-order valence-electron chi connectivity index (χ2n) is 2.62. The molecule has 6 nitrogen and oxygen atoms in total. The highest BCUT2D eigenvalue weighted by atomic mass is 35.5. The molecular weight excluding hydrogens is 224 g/mol. The van der Waals surface area contributed by atoms with Gasteiger partial charge in [-0.25, -0.2) is 0 Å². The number of hydrogen-bond acceptors (Lipinski definition) is 5. The van der Waals surface area contributed by atoms with Crippen molar-refractivity contribution in [2.45, 2.75) is 0 Å². The molecule has 0 bridgehead atoms. The highest BCUT2D eigenvalue weighted by Gasteiger charge is 2.27. The summed E-state index contributed by atoms with van der Waals surface area (Å²) < 4.78 is 9.66. The highest BCUT2D eigenvalue weighted by molar-refractivity contribution is 6.33. The number of nitrogen functional groups attached to an aromatic ring is 1. The van der Waals surface area contributed by atoms with Crippen molar-refractivity contribution in [3.63, 3.8) is 0 Å². The number of ether oxygens (including phenoxy) is 2. The Kier molecular flexibility index (Phi) is 3.21. The van der Waals surface area contributed by atoms with Gasteiger partial charge in [0.05, 0.1) is 29.9 Å². The van der Waals surface area contributed by atoms with Gasteiger partial charge in [-0.15, -0.1) is 0 Å². The summed E-state index contributed by atoms with van der Waals surface area (Å²) >= 11 is 5.74. The molecule has 0 atom stereocenters. The SMILES string of the molecule is COc1c(N)cc(Cl)c(OC)c1[N+](=O)[O-]. The summed E-state index contributed by atoms with van der Waals surface area (Å²) in [5, 5.41) is 10.9. The monoisotopic (exact) mass is 232 g/mol. The van der Waals surface area contributed by atoms with Crippen molar-refractivity contribution in [2.24, 2.45) is 0 Å². The van der Waals surface area contributed by atoms with Gasteiger partial charge in [0.15, 0.2) is 0 Å². The molecule has 0 saturated carbocycles. The van der Waals surface area contributed by atoms with E-state index in [1.165, 1.54) is 20.3 Å². The lowest BCUT2D eigenvalue weighted by atomic mass is 10.2. The molecular formula is C8H9ClN2O4. The maximum Gasteiger partial charge on any atom is 0.356 e. The Hall–Kier alpha value is -1.69. The van der Waals surface area contributed by atoms with E-state index in [2.05, 4.69) is 0 Å². The number of anilines is 1. The molecule has 0 aliphatic carbocycles. The molecule has 0 spiro atoms. The van der Waals surface area contributed by atoms with Crippen LogP contribution in [0.1, 0.15) is 0 Å². The molecule has 0 fully saturated rings. The van der Waals surface area contributed by atoms with E-state index in [0.29, 0.717) is 0 Å². The number of methoxy groups -OCH3 is 2. The van der Waals surface area contributed by atoms with E-state index in [-0.39, 0.29) is 27.9 Å². The van der Waals surface area contributed by atoms with Crippen LogP contribution >= 0.6 is 11.6 Å². The Morgan fingerprint density at radius 3 is 2.33 bits per heavy atom. The summed E-state index contributed by atoms with van der Waals surface area (Å²) in [7, 11) is 2.57. The molecule has 0 heterocycles. The van der Waals surface area contributed by atoms with Crippen LogP contribution in [0.2, 0.25) is 5.02 Å². The van der Waals surface area contributed by atoms with Crippen LogP contribution in [0.3, 0.4) is 0 Å². The maximum absolute atomic E-state index is 10.8. The smallest absolute Gasteiger partial charge is 0.356 e. The van der Waals surface area contributed by atoms with Crippen LogP contribution in [0.15, 0.2) is 6.07 Å². The van der Waals surface area contributed by atoms with E-state index in [9.17, 15) is 10.1 Å². The van der Waals surface area contributed by atoms with Crippen molar-refractivity contribution in [3.8, 4) is 11.5 Å². The van der Waals surface area contributed by atoms with Crippen molar-refractivity contribution in [2.75, 3.05) is 20.0 Å². The van der Waals surface area contributed by atoms with Crippen LogP contribution in [0, 0.1) is 10.1 Å². The van der Waals surface area contributed by atoms with E-state index < -0.39 is 4.92 Å². The van der Waals surface area contributed by atoms with Gasteiger partial charge in [-0.3, -0.25) is 10.1 Å². The highest BCUT2D eigenvalue weighted by Crippen LogP contribution is 2.45. The molecule has 0 aliphatic heterocycles. The Morgan fingerprint density at radius 1 is 1.40 bits per heavy atom. The van der Waals surface area contributed by atoms with Crippen LogP contribution in [0.5, 0.6) is 11.5 Å². The minimum Gasteiger partial charge on any atom is -0.489 e. The molecule has 82 valence electrons. The predicted octanol–water partition coefficient (Wildman–Crippen LogP) is 1.85. The van der Waals surface area contributed by atoms with E-state index >= 15 is 0 Å². The van der Waals surface area contributed by atoms with E-state index in [4.69, 9.17) is 26.8 Å². The molecule has 0 aromatic heterocycles. The van der Waals surface area contributed by atoms with Crippen LogP contribution < -0.4 is 15.2 Å². The summed E-state index contributed by atoms with van der Waals surface area (Å²) in [5.74, 6) is -0.117. The number of nitro groups is 1. The second-order valence-corrected chi connectivity index (χ2v) is 3.03. The third-order valence-corrected chi connectivity index (χ3v) is 2.06. The second kappa shape index (κ2) is 4.22. The van der Waals surface area contributed by atoms with Gasteiger partial charge in [-0.2, -0.15) is 0 Å². The van der Waals surface area contributed by atoms with Gasteiger partial charge in [-0.05, 0) is 6.07 Å². The van der Waals surface area contributed by atoms with Crippen LogP contribution in [-0.2, 0) is 0 Å². The number of rotatable bonds is 3. The number of halogens is 1. The fraction of sp³-hybridized carbons (Fsp3) is 0.250. The lowest BCUT2D eigenvalue weighted by molar-refractivity contribution is -0.386. The fourth-order valence-electron chi connectivity index (χ4n) is 1.20.